The van der Waals surface area contributed by atoms with Crippen LogP contribution in [0.4, 0.5) is 0 Å². The van der Waals surface area contributed by atoms with Crippen LogP contribution in [0, 0.1) is 17.8 Å². The summed E-state index contributed by atoms with van der Waals surface area (Å²) in [6.07, 6.45) is 55.5. The monoisotopic (exact) mass is 1420 g/mol. The molecule has 0 spiro atoms. The maximum absolute atomic E-state index is 13.1. The highest BCUT2D eigenvalue weighted by molar-refractivity contribution is 7.47. The van der Waals surface area contributed by atoms with Gasteiger partial charge in [0.15, 0.2) is 12.2 Å². The van der Waals surface area contributed by atoms with Crippen molar-refractivity contribution in [3.05, 3.63) is 0 Å². The van der Waals surface area contributed by atoms with Gasteiger partial charge in [0.05, 0.1) is 26.4 Å². The standard InChI is InChI=1S/C78H152O17P2/c1-8-9-10-11-12-13-14-15-16-17-18-19-20-25-32-40-47-54-61-77(82)94-73(65-88-75(80)59-52-45-38-31-24-22-21-23-28-35-42-49-56-69(2)3)67-92-96(84,85)90-63-72(79)64-91-97(86,87)93-68-74(95-78(83)62-55-48-41-34-27-30-37-44-51-58-71(6)7)66-89-76(81)60-53-46-39-33-26-29-36-43-50-57-70(4)5/h69-74,79H,8-68H2,1-7H3,(H,84,85)(H,86,87)/t72-,73-,74-/m1/s1. The summed E-state index contributed by atoms with van der Waals surface area (Å²) >= 11 is 0. The second-order valence-electron chi connectivity index (χ2n) is 29.5. The molecule has 17 nitrogen and oxygen atoms in total. The minimum Gasteiger partial charge on any atom is -0.462 e. The number of phosphoric ester groups is 2. The number of carbonyl (C=O) groups is 4. The molecule has 0 saturated heterocycles. The van der Waals surface area contributed by atoms with Gasteiger partial charge in [-0.1, -0.05) is 350 Å². The number of aliphatic hydroxyl groups is 1. The maximum atomic E-state index is 13.1. The molecule has 0 aliphatic rings. The van der Waals surface area contributed by atoms with Gasteiger partial charge in [0.2, 0.25) is 0 Å². The van der Waals surface area contributed by atoms with Gasteiger partial charge in [-0.2, -0.15) is 0 Å². The fraction of sp³-hybridized carbons (Fsp3) is 0.949. The van der Waals surface area contributed by atoms with Crippen LogP contribution in [-0.4, -0.2) is 96.7 Å². The molecule has 0 aromatic carbocycles. The smallest absolute Gasteiger partial charge is 0.462 e. The van der Waals surface area contributed by atoms with Crippen molar-refractivity contribution in [3.63, 3.8) is 0 Å². The summed E-state index contributed by atoms with van der Waals surface area (Å²) in [4.78, 5) is 72.9. The molecule has 3 N–H and O–H groups in total. The van der Waals surface area contributed by atoms with E-state index in [-0.39, 0.29) is 25.7 Å². The van der Waals surface area contributed by atoms with E-state index in [2.05, 4.69) is 48.5 Å². The summed E-state index contributed by atoms with van der Waals surface area (Å²) in [6.45, 7) is 11.9. The summed E-state index contributed by atoms with van der Waals surface area (Å²) in [5.74, 6) is 0.147. The normalized spacial score (nSPS) is 14.0. The maximum Gasteiger partial charge on any atom is 0.472 e. The molecule has 0 bridgehead atoms. The predicted molar refractivity (Wildman–Crippen MR) is 395 cm³/mol. The molecule has 5 atom stereocenters. The van der Waals surface area contributed by atoms with Crippen LogP contribution in [0.25, 0.3) is 0 Å². The van der Waals surface area contributed by atoms with E-state index in [1.54, 1.807) is 0 Å². The number of rotatable bonds is 76. The fourth-order valence-electron chi connectivity index (χ4n) is 12.0. The molecule has 0 aromatic heterocycles. The summed E-state index contributed by atoms with van der Waals surface area (Å²) in [7, 11) is -9.92. The lowest BCUT2D eigenvalue weighted by molar-refractivity contribution is -0.161. The van der Waals surface area contributed by atoms with Crippen molar-refractivity contribution in [1.82, 2.24) is 0 Å². The first-order valence-electron chi connectivity index (χ1n) is 40.3. The lowest BCUT2D eigenvalue weighted by Crippen LogP contribution is -2.30. The van der Waals surface area contributed by atoms with Gasteiger partial charge in [0.1, 0.15) is 19.3 Å². The predicted octanol–water partition coefficient (Wildman–Crippen LogP) is 23.0. The molecular formula is C78H152O17P2. The van der Waals surface area contributed by atoms with E-state index in [0.29, 0.717) is 25.7 Å². The first kappa shape index (κ1) is 95.1. The Morgan fingerprint density at radius 1 is 0.278 bits per heavy atom. The average molecular weight is 1420 g/mol. The largest absolute Gasteiger partial charge is 0.472 e. The first-order valence-corrected chi connectivity index (χ1v) is 43.3. The van der Waals surface area contributed by atoms with Crippen molar-refractivity contribution in [2.24, 2.45) is 17.8 Å². The SMILES string of the molecule is CCCCCCCCCCCCCCCCCCCCC(=O)O[C@H](COC(=O)CCCCCCCCCCCCCCC(C)C)COP(=O)(O)OC[C@@H](O)COP(=O)(O)OC[C@@H](COC(=O)CCCCCCCCCCCC(C)C)OC(=O)CCCCCCCCCCCC(C)C. The van der Waals surface area contributed by atoms with Gasteiger partial charge < -0.3 is 33.8 Å². The highest BCUT2D eigenvalue weighted by Gasteiger charge is 2.30. The van der Waals surface area contributed by atoms with Crippen LogP contribution < -0.4 is 0 Å². The van der Waals surface area contributed by atoms with Crippen molar-refractivity contribution in [2.75, 3.05) is 39.6 Å². The van der Waals surface area contributed by atoms with E-state index in [4.69, 9.17) is 37.0 Å². The zero-order valence-electron chi connectivity index (χ0n) is 63.5. The van der Waals surface area contributed by atoms with Gasteiger partial charge in [-0.15, -0.1) is 0 Å². The van der Waals surface area contributed by atoms with Crippen LogP contribution in [0.15, 0.2) is 0 Å². The van der Waals surface area contributed by atoms with Gasteiger partial charge in [-0.3, -0.25) is 37.3 Å². The van der Waals surface area contributed by atoms with E-state index < -0.39 is 97.5 Å². The molecule has 576 valence electrons. The van der Waals surface area contributed by atoms with Crippen molar-refractivity contribution in [2.45, 2.75) is 420 Å². The molecule has 0 saturated carbocycles. The summed E-state index contributed by atoms with van der Waals surface area (Å²) in [5, 5.41) is 10.6. The third kappa shape index (κ3) is 72.2. The zero-order valence-corrected chi connectivity index (χ0v) is 65.3. The number of ether oxygens (including phenoxy) is 4. The van der Waals surface area contributed by atoms with E-state index in [0.717, 1.165) is 108 Å². The summed E-state index contributed by atoms with van der Waals surface area (Å²) in [5.41, 5.74) is 0. The molecule has 2 unspecified atom stereocenters. The topological polar surface area (TPSA) is 237 Å². The third-order valence-corrected chi connectivity index (χ3v) is 20.0. The highest BCUT2D eigenvalue weighted by atomic mass is 31.2. The van der Waals surface area contributed by atoms with Gasteiger partial charge in [0.25, 0.3) is 0 Å². The minimum absolute atomic E-state index is 0.105. The number of hydrogen-bond donors (Lipinski definition) is 3. The van der Waals surface area contributed by atoms with Crippen LogP contribution in [0.2, 0.25) is 0 Å². The van der Waals surface area contributed by atoms with Crippen LogP contribution in [-0.2, 0) is 65.4 Å². The second-order valence-corrected chi connectivity index (χ2v) is 32.4. The van der Waals surface area contributed by atoms with Crippen LogP contribution in [0.5, 0.6) is 0 Å². The molecule has 0 fully saturated rings. The first-order chi connectivity index (χ1) is 46.7. The Morgan fingerprint density at radius 2 is 0.474 bits per heavy atom. The van der Waals surface area contributed by atoms with Gasteiger partial charge in [0, 0.05) is 25.7 Å². The van der Waals surface area contributed by atoms with Crippen LogP contribution in [0.1, 0.15) is 402 Å². The molecule has 0 rings (SSSR count). The second kappa shape index (κ2) is 68.5. The average Bonchev–Trinajstić information content (AvgIpc) is 2.42. The third-order valence-electron chi connectivity index (χ3n) is 18.1. The minimum atomic E-state index is -4.96. The van der Waals surface area contributed by atoms with Crippen LogP contribution >= 0.6 is 15.6 Å². The van der Waals surface area contributed by atoms with Crippen molar-refractivity contribution < 1.29 is 80.2 Å². The summed E-state index contributed by atoms with van der Waals surface area (Å²) in [6, 6.07) is 0. The quantitative estimate of drug-likeness (QED) is 0.0222. The van der Waals surface area contributed by atoms with Gasteiger partial charge in [-0.05, 0) is 43.4 Å². The number of aliphatic hydroxyl groups excluding tert-OH is 1. The molecule has 0 amide bonds. The molecule has 0 aliphatic carbocycles. The lowest BCUT2D eigenvalue weighted by Gasteiger charge is -2.21. The molecule has 0 aromatic rings. The Balaban J connectivity index is 5.25. The Labute approximate surface area is 594 Å². The van der Waals surface area contributed by atoms with Gasteiger partial charge in [-0.25, -0.2) is 9.13 Å². The molecule has 19 heteroatoms. The fourth-order valence-corrected chi connectivity index (χ4v) is 13.5. The Hall–Kier alpha value is -1.94. The van der Waals surface area contributed by atoms with E-state index in [9.17, 15) is 43.2 Å². The Kier molecular flexibility index (Phi) is 67.1. The number of carbonyl (C=O) groups excluding carboxylic acids is 4. The van der Waals surface area contributed by atoms with E-state index in [1.165, 1.54) is 212 Å². The molecule has 97 heavy (non-hydrogen) atoms. The highest BCUT2D eigenvalue weighted by Crippen LogP contribution is 2.45. The molecular weight excluding hydrogens is 1270 g/mol. The van der Waals surface area contributed by atoms with E-state index in [1.807, 2.05) is 0 Å². The zero-order chi connectivity index (χ0) is 71.6. The van der Waals surface area contributed by atoms with Crippen molar-refractivity contribution in [3.8, 4) is 0 Å². The number of esters is 4. The number of hydrogen-bond acceptors (Lipinski definition) is 15. The van der Waals surface area contributed by atoms with Crippen LogP contribution in [0.3, 0.4) is 0 Å². The molecule has 0 aliphatic heterocycles. The van der Waals surface area contributed by atoms with Crippen molar-refractivity contribution in [1.29, 1.82) is 0 Å². The molecule has 0 radical (unpaired) electrons. The lowest BCUT2D eigenvalue weighted by atomic mass is 10.0. The number of phosphoric acid groups is 2. The van der Waals surface area contributed by atoms with Crippen molar-refractivity contribution >= 4 is 39.5 Å². The Bertz CT molecular complexity index is 1890. The van der Waals surface area contributed by atoms with Gasteiger partial charge >= 0.3 is 39.5 Å². The Morgan fingerprint density at radius 3 is 0.701 bits per heavy atom. The molecule has 0 heterocycles. The number of unbranched alkanes of at least 4 members (excludes halogenated alkanes) is 44. The van der Waals surface area contributed by atoms with E-state index >= 15 is 0 Å². The summed E-state index contributed by atoms with van der Waals surface area (Å²) < 4.78 is 68.6.